The van der Waals surface area contributed by atoms with Crippen LogP contribution in [0.3, 0.4) is 0 Å². The van der Waals surface area contributed by atoms with E-state index in [0.717, 1.165) is 0 Å². The molecular weight excluding hydrogens is 246 g/mol. The van der Waals surface area contributed by atoms with E-state index in [9.17, 15) is 10.1 Å². The molecule has 5 nitrogen and oxygen atoms in total. The first kappa shape index (κ1) is 13.4. The Morgan fingerprint density at radius 3 is 3.00 bits per heavy atom. The second-order valence-electron chi connectivity index (χ2n) is 4.09. The van der Waals surface area contributed by atoms with E-state index < -0.39 is 5.92 Å². The first-order valence-electron chi connectivity index (χ1n) is 6.16. The van der Waals surface area contributed by atoms with E-state index in [-0.39, 0.29) is 19.0 Å². The van der Waals surface area contributed by atoms with Crippen LogP contribution in [0.2, 0.25) is 0 Å². The maximum Gasteiger partial charge on any atom is 0.231 e. The van der Waals surface area contributed by atoms with Crippen LogP contribution in [0.5, 0.6) is 11.5 Å². The van der Waals surface area contributed by atoms with Crippen LogP contribution >= 0.6 is 0 Å². The van der Waals surface area contributed by atoms with E-state index in [2.05, 4.69) is 0 Å². The van der Waals surface area contributed by atoms with Crippen LogP contribution < -0.4 is 9.47 Å². The highest BCUT2D eigenvalue weighted by molar-refractivity contribution is 5.88. The molecule has 1 unspecified atom stereocenters. The van der Waals surface area contributed by atoms with E-state index in [1.54, 1.807) is 18.2 Å². The molecule has 1 aliphatic heterocycles. The van der Waals surface area contributed by atoms with E-state index in [0.29, 0.717) is 30.3 Å². The predicted octanol–water partition coefficient (Wildman–Crippen LogP) is 2.02. The Kier molecular flexibility index (Phi) is 4.37. The van der Waals surface area contributed by atoms with Crippen molar-refractivity contribution >= 4 is 5.78 Å². The first-order chi connectivity index (χ1) is 9.26. The number of hydrogen-bond donors (Lipinski definition) is 0. The number of benzene rings is 1. The summed E-state index contributed by atoms with van der Waals surface area (Å²) in [6.07, 6.45) is 0.237. The number of rotatable bonds is 6. The van der Waals surface area contributed by atoms with Crippen LogP contribution in [-0.2, 0) is 9.53 Å². The molecule has 0 aromatic heterocycles. The molecule has 0 radical (unpaired) electrons. The van der Waals surface area contributed by atoms with E-state index in [1.165, 1.54) is 0 Å². The molecule has 1 atom stereocenters. The number of carbonyl (C=O) groups is 1. The fraction of sp³-hybridized carbons (Fsp3) is 0.429. The lowest BCUT2D eigenvalue weighted by Gasteiger charge is -2.09. The maximum absolute atomic E-state index is 12.0. The highest BCUT2D eigenvalue weighted by Crippen LogP contribution is 2.34. The molecule has 0 saturated carbocycles. The molecule has 0 spiro atoms. The summed E-state index contributed by atoms with van der Waals surface area (Å²) in [5.74, 6) is 0.294. The topological polar surface area (TPSA) is 68.6 Å². The van der Waals surface area contributed by atoms with Gasteiger partial charge in [-0.2, -0.15) is 5.26 Å². The number of ketones is 1. The molecule has 1 aliphatic rings. The first-order valence-corrected chi connectivity index (χ1v) is 6.16. The van der Waals surface area contributed by atoms with Gasteiger partial charge in [-0.1, -0.05) is 6.07 Å². The van der Waals surface area contributed by atoms with Gasteiger partial charge in [-0.3, -0.25) is 4.79 Å². The van der Waals surface area contributed by atoms with Crippen LogP contribution in [-0.4, -0.2) is 25.8 Å². The largest absolute Gasteiger partial charge is 0.454 e. The quantitative estimate of drug-likeness (QED) is 0.733. The number of ether oxygens (including phenoxy) is 3. The van der Waals surface area contributed by atoms with Crippen LogP contribution in [0.1, 0.15) is 24.8 Å². The molecule has 2 rings (SSSR count). The molecule has 1 aromatic rings. The van der Waals surface area contributed by atoms with Crippen molar-refractivity contribution in [2.24, 2.45) is 0 Å². The smallest absolute Gasteiger partial charge is 0.231 e. The molecule has 5 heteroatoms. The van der Waals surface area contributed by atoms with Gasteiger partial charge in [0.25, 0.3) is 0 Å². The summed E-state index contributed by atoms with van der Waals surface area (Å²) in [5, 5.41) is 9.17. The molecule has 0 aliphatic carbocycles. The Morgan fingerprint density at radius 2 is 2.26 bits per heavy atom. The van der Waals surface area contributed by atoms with Gasteiger partial charge in [0.05, 0.1) is 12.7 Å². The molecule has 0 saturated heterocycles. The molecule has 100 valence electrons. The van der Waals surface area contributed by atoms with Crippen molar-refractivity contribution in [3.05, 3.63) is 23.8 Å². The summed E-state index contributed by atoms with van der Waals surface area (Å²) in [4.78, 5) is 12.0. The van der Waals surface area contributed by atoms with Crippen molar-refractivity contribution in [1.29, 1.82) is 5.26 Å². The molecule has 1 aromatic carbocycles. The van der Waals surface area contributed by atoms with Crippen molar-refractivity contribution in [3.8, 4) is 17.6 Å². The monoisotopic (exact) mass is 261 g/mol. The van der Waals surface area contributed by atoms with Gasteiger partial charge in [0.2, 0.25) is 6.79 Å². The number of fused-ring (bicyclic) bond motifs is 1. The fourth-order valence-electron chi connectivity index (χ4n) is 1.89. The van der Waals surface area contributed by atoms with Gasteiger partial charge in [0.1, 0.15) is 5.92 Å². The van der Waals surface area contributed by atoms with Crippen molar-refractivity contribution in [3.63, 3.8) is 0 Å². The summed E-state index contributed by atoms with van der Waals surface area (Å²) in [7, 11) is 0. The number of carbonyl (C=O) groups excluding carboxylic acids is 1. The molecule has 0 N–H and O–H groups in total. The second kappa shape index (κ2) is 6.21. The molecule has 0 fully saturated rings. The van der Waals surface area contributed by atoms with Crippen LogP contribution in [0, 0.1) is 11.3 Å². The second-order valence-corrected chi connectivity index (χ2v) is 4.09. The van der Waals surface area contributed by atoms with Gasteiger partial charge in [0, 0.05) is 13.0 Å². The molecule has 1 heterocycles. The Balaban J connectivity index is 2.09. The summed E-state index contributed by atoms with van der Waals surface area (Å²) in [5.41, 5.74) is 0.633. The predicted molar refractivity (Wildman–Crippen MR) is 67.0 cm³/mol. The lowest BCUT2D eigenvalue weighted by Crippen LogP contribution is -2.13. The minimum absolute atomic E-state index is 0.144. The Hall–Kier alpha value is -2.06. The van der Waals surface area contributed by atoms with Crippen LogP contribution in [0.25, 0.3) is 0 Å². The number of nitriles is 1. The van der Waals surface area contributed by atoms with Gasteiger partial charge in [-0.25, -0.2) is 0 Å². The Labute approximate surface area is 111 Å². The van der Waals surface area contributed by atoms with Gasteiger partial charge in [-0.05, 0) is 24.6 Å². The maximum atomic E-state index is 12.0. The fourth-order valence-corrected chi connectivity index (χ4v) is 1.89. The van der Waals surface area contributed by atoms with Gasteiger partial charge < -0.3 is 14.2 Å². The van der Waals surface area contributed by atoms with Crippen molar-refractivity contribution in [2.75, 3.05) is 20.0 Å². The third kappa shape index (κ3) is 3.04. The zero-order valence-electron chi connectivity index (χ0n) is 10.7. The summed E-state index contributed by atoms with van der Waals surface area (Å²) in [6.45, 7) is 2.95. The Bertz CT molecular complexity index is 507. The normalized spacial score (nSPS) is 13.9. The van der Waals surface area contributed by atoms with Crippen LogP contribution in [0.15, 0.2) is 18.2 Å². The summed E-state index contributed by atoms with van der Waals surface area (Å²) in [6, 6.07) is 7.17. The van der Waals surface area contributed by atoms with Crippen molar-refractivity contribution in [2.45, 2.75) is 19.3 Å². The zero-order chi connectivity index (χ0) is 13.7. The van der Waals surface area contributed by atoms with E-state index in [4.69, 9.17) is 14.2 Å². The van der Waals surface area contributed by atoms with Gasteiger partial charge in [0.15, 0.2) is 17.3 Å². The third-order valence-electron chi connectivity index (χ3n) is 2.88. The number of hydrogen-bond acceptors (Lipinski definition) is 5. The van der Waals surface area contributed by atoms with Crippen molar-refractivity contribution < 1.29 is 19.0 Å². The standard InChI is InChI=1S/C14H15NO4/c1-2-17-6-5-12(16)11(8-15)10-3-4-13-14(7-10)19-9-18-13/h3-4,7,11H,2,5-6,9H2,1H3. The third-order valence-corrected chi connectivity index (χ3v) is 2.88. The zero-order valence-corrected chi connectivity index (χ0v) is 10.7. The molecule has 0 amide bonds. The van der Waals surface area contributed by atoms with E-state index >= 15 is 0 Å². The summed E-state index contributed by atoms with van der Waals surface area (Å²) < 4.78 is 15.6. The highest BCUT2D eigenvalue weighted by Gasteiger charge is 2.23. The lowest BCUT2D eigenvalue weighted by molar-refractivity contribution is -0.120. The minimum atomic E-state index is -0.782. The molecule has 0 bridgehead atoms. The highest BCUT2D eigenvalue weighted by atomic mass is 16.7. The average molecular weight is 261 g/mol. The average Bonchev–Trinajstić information content (AvgIpc) is 2.87. The summed E-state index contributed by atoms with van der Waals surface area (Å²) >= 11 is 0. The Morgan fingerprint density at radius 1 is 1.47 bits per heavy atom. The molecule has 19 heavy (non-hydrogen) atoms. The van der Waals surface area contributed by atoms with Gasteiger partial charge in [-0.15, -0.1) is 0 Å². The lowest BCUT2D eigenvalue weighted by atomic mass is 9.94. The SMILES string of the molecule is CCOCCC(=O)C(C#N)c1ccc2c(c1)OCO2. The number of Topliss-reactive ketones (excluding diaryl/α,β-unsaturated/α-hetero) is 1. The molecular formula is C14H15NO4. The minimum Gasteiger partial charge on any atom is -0.454 e. The number of nitrogens with zero attached hydrogens (tertiary/aromatic N) is 1. The van der Waals surface area contributed by atoms with Crippen molar-refractivity contribution in [1.82, 2.24) is 0 Å². The van der Waals surface area contributed by atoms with Crippen LogP contribution in [0.4, 0.5) is 0 Å². The van der Waals surface area contributed by atoms with Gasteiger partial charge >= 0.3 is 0 Å². The van der Waals surface area contributed by atoms with E-state index in [1.807, 2.05) is 13.0 Å².